The van der Waals surface area contributed by atoms with Crippen LogP contribution in [-0.2, 0) is 0 Å². The Labute approximate surface area is 105 Å². The molecule has 5 heteroatoms. The zero-order valence-electron chi connectivity index (χ0n) is 9.78. The van der Waals surface area contributed by atoms with Gasteiger partial charge in [-0.15, -0.1) is 0 Å². The van der Waals surface area contributed by atoms with E-state index in [1.165, 1.54) is 0 Å². The molecule has 0 bridgehead atoms. The van der Waals surface area contributed by atoms with Gasteiger partial charge in [-0.2, -0.15) is 0 Å². The first-order chi connectivity index (χ1) is 8.22. The van der Waals surface area contributed by atoms with Gasteiger partial charge in [-0.25, -0.2) is 4.98 Å². The van der Waals surface area contributed by atoms with Crippen LogP contribution >= 0.6 is 11.6 Å². The number of nitrogens with zero attached hydrogens (tertiary/aromatic N) is 3. The van der Waals surface area contributed by atoms with E-state index in [-0.39, 0.29) is 0 Å². The number of piperazine rings is 1. The predicted molar refractivity (Wildman–Crippen MR) is 70.8 cm³/mol. The number of hydrogen-bond acceptors (Lipinski definition) is 3. The van der Waals surface area contributed by atoms with Gasteiger partial charge in [0.2, 0.25) is 5.95 Å². The summed E-state index contributed by atoms with van der Waals surface area (Å²) in [7, 11) is 2.15. The van der Waals surface area contributed by atoms with Crippen LogP contribution in [0.5, 0.6) is 0 Å². The first-order valence-electron chi connectivity index (χ1n) is 5.81. The van der Waals surface area contributed by atoms with Crippen molar-refractivity contribution in [2.24, 2.45) is 0 Å². The summed E-state index contributed by atoms with van der Waals surface area (Å²) in [4.78, 5) is 12.5. The van der Waals surface area contributed by atoms with Crippen molar-refractivity contribution in [1.82, 2.24) is 14.9 Å². The molecule has 4 nitrogen and oxygen atoms in total. The smallest absolute Gasteiger partial charge is 0.203 e. The number of anilines is 1. The Kier molecular flexibility index (Phi) is 2.68. The summed E-state index contributed by atoms with van der Waals surface area (Å²) in [5.41, 5.74) is 1.98. The molecule has 0 radical (unpaired) electrons. The maximum Gasteiger partial charge on any atom is 0.203 e. The van der Waals surface area contributed by atoms with Gasteiger partial charge in [0.15, 0.2) is 0 Å². The molecule has 0 atom stereocenters. The van der Waals surface area contributed by atoms with Crippen LogP contribution in [0.4, 0.5) is 5.95 Å². The molecule has 1 fully saturated rings. The maximum atomic E-state index is 5.96. The largest absolute Gasteiger partial charge is 0.340 e. The van der Waals surface area contributed by atoms with Crippen molar-refractivity contribution in [2.75, 3.05) is 38.1 Å². The van der Waals surface area contributed by atoms with Gasteiger partial charge in [0.05, 0.1) is 11.0 Å². The molecule has 1 saturated heterocycles. The number of hydrogen-bond donors (Lipinski definition) is 1. The number of aromatic nitrogens is 2. The predicted octanol–water partition coefficient (Wildman–Crippen LogP) is 1.97. The summed E-state index contributed by atoms with van der Waals surface area (Å²) in [5.74, 6) is 0.954. The summed E-state index contributed by atoms with van der Waals surface area (Å²) in [6.45, 7) is 4.20. The Morgan fingerprint density at radius 3 is 2.76 bits per heavy atom. The van der Waals surface area contributed by atoms with Gasteiger partial charge in [-0.05, 0) is 25.2 Å². The average molecular weight is 251 g/mol. The van der Waals surface area contributed by atoms with Crippen LogP contribution in [0, 0.1) is 0 Å². The van der Waals surface area contributed by atoms with E-state index < -0.39 is 0 Å². The van der Waals surface area contributed by atoms with E-state index in [9.17, 15) is 0 Å². The molecule has 1 N–H and O–H groups in total. The number of halogens is 1. The highest BCUT2D eigenvalue weighted by Gasteiger charge is 2.16. The lowest BCUT2D eigenvalue weighted by Gasteiger charge is -2.32. The Balaban J connectivity index is 1.90. The molecule has 17 heavy (non-hydrogen) atoms. The Morgan fingerprint density at radius 2 is 2.00 bits per heavy atom. The fourth-order valence-corrected chi connectivity index (χ4v) is 2.31. The van der Waals surface area contributed by atoms with E-state index in [0.29, 0.717) is 0 Å². The van der Waals surface area contributed by atoms with Crippen LogP contribution in [0.25, 0.3) is 11.0 Å². The van der Waals surface area contributed by atoms with Crippen molar-refractivity contribution in [3.63, 3.8) is 0 Å². The van der Waals surface area contributed by atoms with Gasteiger partial charge in [0.25, 0.3) is 0 Å². The molecule has 0 unspecified atom stereocenters. The molecule has 1 aromatic carbocycles. The molecule has 0 aliphatic carbocycles. The molecular formula is C12H15ClN4. The first kappa shape index (κ1) is 10.9. The second-order valence-corrected chi connectivity index (χ2v) is 4.95. The third-order valence-electron chi connectivity index (χ3n) is 3.23. The SMILES string of the molecule is CN1CCN(c2nc3ccc(Cl)cc3[nH]2)CC1. The van der Waals surface area contributed by atoms with E-state index in [1.807, 2.05) is 18.2 Å². The third-order valence-corrected chi connectivity index (χ3v) is 3.47. The zero-order chi connectivity index (χ0) is 11.8. The highest BCUT2D eigenvalue weighted by atomic mass is 35.5. The molecule has 90 valence electrons. The lowest BCUT2D eigenvalue weighted by molar-refractivity contribution is 0.311. The molecule has 1 aliphatic heterocycles. The van der Waals surface area contributed by atoms with Crippen molar-refractivity contribution in [3.8, 4) is 0 Å². The van der Waals surface area contributed by atoms with Crippen LogP contribution < -0.4 is 4.90 Å². The van der Waals surface area contributed by atoms with Crippen molar-refractivity contribution in [2.45, 2.75) is 0 Å². The number of nitrogens with one attached hydrogen (secondary N) is 1. The lowest BCUT2D eigenvalue weighted by Crippen LogP contribution is -2.44. The van der Waals surface area contributed by atoms with Crippen molar-refractivity contribution in [1.29, 1.82) is 0 Å². The molecule has 3 rings (SSSR count). The van der Waals surface area contributed by atoms with E-state index >= 15 is 0 Å². The third kappa shape index (κ3) is 2.10. The van der Waals surface area contributed by atoms with Gasteiger partial charge < -0.3 is 14.8 Å². The minimum Gasteiger partial charge on any atom is -0.340 e. The second-order valence-electron chi connectivity index (χ2n) is 4.51. The number of benzene rings is 1. The number of likely N-dealkylation sites (N-methyl/N-ethyl adjacent to an activating group) is 1. The number of aromatic amines is 1. The standard InChI is InChI=1S/C12H15ClN4/c1-16-4-6-17(7-5-16)12-14-10-3-2-9(13)8-11(10)15-12/h2-3,8H,4-7H2,1H3,(H,14,15). The fourth-order valence-electron chi connectivity index (χ4n) is 2.14. The quantitative estimate of drug-likeness (QED) is 0.841. The molecule has 2 heterocycles. The van der Waals surface area contributed by atoms with Crippen LogP contribution in [0.3, 0.4) is 0 Å². The van der Waals surface area contributed by atoms with E-state index in [1.54, 1.807) is 0 Å². The molecular weight excluding hydrogens is 236 g/mol. The Morgan fingerprint density at radius 1 is 1.24 bits per heavy atom. The summed E-state index contributed by atoms with van der Waals surface area (Å²) in [6, 6.07) is 5.75. The zero-order valence-corrected chi connectivity index (χ0v) is 10.5. The number of rotatable bonds is 1. The molecule has 2 aromatic rings. The van der Waals surface area contributed by atoms with Gasteiger partial charge in [-0.1, -0.05) is 11.6 Å². The topological polar surface area (TPSA) is 35.2 Å². The Bertz CT molecular complexity index is 528. The van der Waals surface area contributed by atoms with E-state index in [4.69, 9.17) is 11.6 Å². The summed E-state index contributed by atoms with van der Waals surface area (Å²) in [6.07, 6.45) is 0. The van der Waals surface area contributed by atoms with Crippen LogP contribution in [0.2, 0.25) is 5.02 Å². The average Bonchev–Trinajstić information content (AvgIpc) is 2.72. The summed E-state index contributed by atoms with van der Waals surface area (Å²) >= 11 is 5.96. The van der Waals surface area contributed by atoms with E-state index in [2.05, 4.69) is 26.8 Å². The minimum atomic E-state index is 0.742. The molecule has 0 amide bonds. The molecule has 0 spiro atoms. The maximum absolute atomic E-state index is 5.96. The first-order valence-corrected chi connectivity index (χ1v) is 6.19. The summed E-state index contributed by atoms with van der Waals surface area (Å²) in [5, 5.41) is 0.742. The number of H-pyrrole nitrogens is 1. The van der Waals surface area contributed by atoms with Gasteiger partial charge in [-0.3, -0.25) is 0 Å². The van der Waals surface area contributed by atoms with Crippen molar-refractivity contribution >= 4 is 28.6 Å². The van der Waals surface area contributed by atoms with Crippen LogP contribution in [0.15, 0.2) is 18.2 Å². The van der Waals surface area contributed by atoms with Crippen molar-refractivity contribution in [3.05, 3.63) is 23.2 Å². The lowest BCUT2D eigenvalue weighted by atomic mass is 10.3. The molecule has 1 aliphatic rings. The van der Waals surface area contributed by atoms with Crippen LogP contribution in [0.1, 0.15) is 0 Å². The second kappa shape index (κ2) is 4.20. The van der Waals surface area contributed by atoms with Gasteiger partial charge in [0.1, 0.15) is 0 Å². The Hall–Kier alpha value is -1.26. The van der Waals surface area contributed by atoms with Gasteiger partial charge >= 0.3 is 0 Å². The van der Waals surface area contributed by atoms with E-state index in [0.717, 1.165) is 48.2 Å². The van der Waals surface area contributed by atoms with Crippen molar-refractivity contribution < 1.29 is 0 Å². The molecule has 0 saturated carbocycles. The monoisotopic (exact) mass is 250 g/mol. The number of fused-ring (bicyclic) bond motifs is 1. The van der Waals surface area contributed by atoms with Crippen LogP contribution in [-0.4, -0.2) is 48.1 Å². The molecule has 1 aromatic heterocycles. The number of imidazole rings is 1. The normalized spacial score (nSPS) is 17.9. The van der Waals surface area contributed by atoms with Gasteiger partial charge in [0, 0.05) is 31.2 Å². The highest BCUT2D eigenvalue weighted by molar-refractivity contribution is 6.31. The highest BCUT2D eigenvalue weighted by Crippen LogP contribution is 2.21. The fraction of sp³-hybridized carbons (Fsp3) is 0.417. The summed E-state index contributed by atoms with van der Waals surface area (Å²) < 4.78 is 0. The minimum absolute atomic E-state index is 0.742.